The van der Waals surface area contributed by atoms with Gasteiger partial charge in [0.1, 0.15) is 0 Å². The van der Waals surface area contributed by atoms with Crippen molar-refractivity contribution in [3.05, 3.63) is 17.1 Å². The molecule has 0 saturated heterocycles. The van der Waals surface area contributed by atoms with Gasteiger partial charge in [0.2, 0.25) is 0 Å². The monoisotopic (exact) mass is 238 g/mol. The number of H-pyrrole nitrogens is 1. The number of methoxy groups -OCH3 is 1. The molecule has 2 aromatic rings. The fourth-order valence-corrected chi connectivity index (χ4v) is 2.93. The molecule has 1 unspecified atom stereocenters. The molecule has 0 bridgehead atoms. The molecule has 0 spiro atoms. The van der Waals surface area contributed by atoms with Gasteiger partial charge in [-0.2, -0.15) is 5.10 Å². The SMILES string of the molecule is CCCC(CCc1cc2[nH]ncc2s1)OC. The third-order valence-corrected chi connectivity index (χ3v) is 3.96. The molecule has 0 aromatic carbocycles. The Morgan fingerprint density at radius 3 is 3.06 bits per heavy atom. The van der Waals surface area contributed by atoms with Crippen molar-refractivity contribution in [2.24, 2.45) is 0 Å². The highest BCUT2D eigenvalue weighted by atomic mass is 32.1. The Labute approximate surface area is 99.8 Å². The number of aromatic amines is 1. The number of hydrogen-bond donors (Lipinski definition) is 1. The Hall–Kier alpha value is -0.870. The van der Waals surface area contributed by atoms with E-state index in [4.69, 9.17) is 4.74 Å². The van der Waals surface area contributed by atoms with E-state index in [1.807, 2.05) is 24.6 Å². The Balaban J connectivity index is 1.92. The number of hydrogen-bond acceptors (Lipinski definition) is 3. The molecule has 2 aromatic heterocycles. The summed E-state index contributed by atoms with van der Waals surface area (Å²) in [5, 5.41) is 7.00. The number of fused-ring (bicyclic) bond motifs is 1. The summed E-state index contributed by atoms with van der Waals surface area (Å²) >= 11 is 1.83. The van der Waals surface area contributed by atoms with E-state index in [-0.39, 0.29) is 0 Å². The van der Waals surface area contributed by atoms with Crippen molar-refractivity contribution in [2.45, 2.75) is 38.7 Å². The molecule has 0 radical (unpaired) electrons. The standard InChI is InChI=1S/C12H18N2OS/c1-3-4-9(15-2)5-6-10-7-11-12(16-10)8-13-14-11/h7-9H,3-6H2,1-2H3,(H,13,14). The van der Waals surface area contributed by atoms with E-state index in [1.54, 1.807) is 0 Å². The number of ether oxygens (including phenoxy) is 1. The molecule has 1 N–H and O–H groups in total. The van der Waals surface area contributed by atoms with Crippen LogP contribution in [0.3, 0.4) is 0 Å². The van der Waals surface area contributed by atoms with Gasteiger partial charge in [0.05, 0.1) is 22.5 Å². The van der Waals surface area contributed by atoms with Gasteiger partial charge >= 0.3 is 0 Å². The van der Waals surface area contributed by atoms with Crippen molar-refractivity contribution < 1.29 is 4.74 Å². The number of aryl methyl sites for hydroxylation is 1. The van der Waals surface area contributed by atoms with Crippen LogP contribution in [0.5, 0.6) is 0 Å². The largest absolute Gasteiger partial charge is 0.381 e. The molecule has 4 heteroatoms. The minimum Gasteiger partial charge on any atom is -0.381 e. The maximum Gasteiger partial charge on any atom is 0.0761 e. The quantitative estimate of drug-likeness (QED) is 0.837. The number of thiophene rings is 1. The zero-order valence-electron chi connectivity index (χ0n) is 9.82. The van der Waals surface area contributed by atoms with Gasteiger partial charge in [-0.05, 0) is 25.3 Å². The summed E-state index contributed by atoms with van der Waals surface area (Å²) < 4.78 is 6.70. The van der Waals surface area contributed by atoms with Crippen molar-refractivity contribution in [1.82, 2.24) is 10.2 Å². The van der Waals surface area contributed by atoms with Crippen LogP contribution in [0.4, 0.5) is 0 Å². The molecule has 16 heavy (non-hydrogen) atoms. The van der Waals surface area contributed by atoms with Gasteiger partial charge in [-0.1, -0.05) is 13.3 Å². The fraction of sp³-hybridized carbons (Fsp3) is 0.583. The summed E-state index contributed by atoms with van der Waals surface area (Å²) in [7, 11) is 1.81. The van der Waals surface area contributed by atoms with Crippen LogP contribution in [0.25, 0.3) is 10.2 Å². The summed E-state index contributed by atoms with van der Waals surface area (Å²) in [6.45, 7) is 2.20. The highest BCUT2D eigenvalue weighted by molar-refractivity contribution is 7.19. The molecule has 88 valence electrons. The average molecular weight is 238 g/mol. The minimum absolute atomic E-state index is 0.406. The van der Waals surface area contributed by atoms with E-state index in [0.717, 1.165) is 24.8 Å². The van der Waals surface area contributed by atoms with Crippen LogP contribution >= 0.6 is 11.3 Å². The van der Waals surface area contributed by atoms with Crippen LogP contribution in [0, 0.1) is 0 Å². The molecular weight excluding hydrogens is 220 g/mol. The summed E-state index contributed by atoms with van der Waals surface area (Å²) in [6, 6.07) is 2.20. The summed E-state index contributed by atoms with van der Waals surface area (Å²) in [4.78, 5) is 1.42. The molecule has 2 heterocycles. The Bertz CT molecular complexity index is 406. The molecule has 0 aliphatic heterocycles. The lowest BCUT2D eigenvalue weighted by Crippen LogP contribution is -2.10. The van der Waals surface area contributed by atoms with Crippen LogP contribution in [-0.4, -0.2) is 23.4 Å². The number of nitrogens with one attached hydrogen (secondary N) is 1. The first kappa shape index (κ1) is 11.6. The van der Waals surface area contributed by atoms with Crippen molar-refractivity contribution in [2.75, 3.05) is 7.11 Å². The van der Waals surface area contributed by atoms with Crippen LogP contribution in [0.2, 0.25) is 0 Å². The van der Waals surface area contributed by atoms with Crippen molar-refractivity contribution in [1.29, 1.82) is 0 Å². The molecule has 0 fully saturated rings. The Morgan fingerprint density at radius 2 is 2.38 bits per heavy atom. The van der Waals surface area contributed by atoms with E-state index in [1.165, 1.54) is 16.0 Å². The third-order valence-electron chi connectivity index (χ3n) is 2.84. The summed E-state index contributed by atoms with van der Waals surface area (Å²) in [6.07, 6.45) is 6.86. The van der Waals surface area contributed by atoms with Gasteiger partial charge in [-0.3, -0.25) is 5.10 Å². The minimum atomic E-state index is 0.406. The van der Waals surface area contributed by atoms with Gasteiger partial charge in [0.25, 0.3) is 0 Å². The Kier molecular flexibility index (Phi) is 3.96. The second-order valence-corrected chi connectivity index (χ2v) is 5.21. The van der Waals surface area contributed by atoms with E-state index in [0.29, 0.717) is 6.10 Å². The van der Waals surface area contributed by atoms with Crippen LogP contribution < -0.4 is 0 Å². The van der Waals surface area contributed by atoms with Crippen molar-refractivity contribution >= 4 is 21.6 Å². The van der Waals surface area contributed by atoms with Crippen molar-refractivity contribution in [3.8, 4) is 0 Å². The van der Waals surface area contributed by atoms with Gasteiger partial charge in [0.15, 0.2) is 0 Å². The molecule has 0 aliphatic rings. The predicted molar refractivity (Wildman–Crippen MR) is 68.0 cm³/mol. The molecular formula is C12H18N2OS. The molecule has 1 atom stereocenters. The first-order valence-electron chi connectivity index (χ1n) is 5.78. The van der Waals surface area contributed by atoms with E-state index < -0.39 is 0 Å². The second-order valence-electron chi connectivity index (χ2n) is 4.05. The first-order valence-corrected chi connectivity index (χ1v) is 6.59. The molecule has 0 amide bonds. The first-order chi connectivity index (χ1) is 7.83. The maximum atomic E-state index is 5.45. The average Bonchev–Trinajstić information content (AvgIpc) is 2.84. The summed E-state index contributed by atoms with van der Waals surface area (Å²) in [5.74, 6) is 0. The van der Waals surface area contributed by atoms with E-state index in [2.05, 4.69) is 23.2 Å². The van der Waals surface area contributed by atoms with Crippen LogP contribution in [-0.2, 0) is 11.2 Å². The summed E-state index contributed by atoms with van der Waals surface area (Å²) in [5.41, 5.74) is 1.16. The molecule has 0 saturated carbocycles. The van der Waals surface area contributed by atoms with Crippen LogP contribution in [0.15, 0.2) is 12.3 Å². The van der Waals surface area contributed by atoms with Crippen molar-refractivity contribution in [3.63, 3.8) is 0 Å². The van der Waals surface area contributed by atoms with E-state index >= 15 is 0 Å². The van der Waals surface area contributed by atoms with Gasteiger partial charge in [-0.15, -0.1) is 11.3 Å². The molecule has 2 rings (SSSR count). The number of rotatable bonds is 6. The highest BCUT2D eigenvalue weighted by Crippen LogP contribution is 2.25. The zero-order valence-corrected chi connectivity index (χ0v) is 10.6. The number of nitrogens with zero attached hydrogens (tertiary/aromatic N) is 1. The second kappa shape index (κ2) is 5.46. The smallest absolute Gasteiger partial charge is 0.0761 e. The lowest BCUT2D eigenvalue weighted by molar-refractivity contribution is 0.0878. The molecule has 3 nitrogen and oxygen atoms in total. The van der Waals surface area contributed by atoms with Gasteiger partial charge in [0, 0.05) is 12.0 Å². The normalized spacial score (nSPS) is 13.4. The van der Waals surface area contributed by atoms with E-state index in [9.17, 15) is 0 Å². The number of aromatic nitrogens is 2. The van der Waals surface area contributed by atoms with Gasteiger partial charge in [-0.25, -0.2) is 0 Å². The Morgan fingerprint density at radius 1 is 1.50 bits per heavy atom. The topological polar surface area (TPSA) is 37.9 Å². The fourth-order valence-electron chi connectivity index (χ4n) is 1.93. The zero-order chi connectivity index (χ0) is 11.4. The van der Waals surface area contributed by atoms with Crippen LogP contribution in [0.1, 0.15) is 31.1 Å². The predicted octanol–water partition coefficient (Wildman–Crippen LogP) is 3.37. The molecule has 0 aliphatic carbocycles. The lowest BCUT2D eigenvalue weighted by atomic mass is 10.1. The highest BCUT2D eigenvalue weighted by Gasteiger charge is 2.08. The maximum absolute atomic E-state index is 5.45. The van der Waals surface area contributed by atoms with Gasteiger partial charge < -0.3 is 4.74 Å². The third kappa shape index (κ3) is 2.62. The lowest BCUT2D eigenvalue weighted by Gasteiger charge is -2.12.